The number of hydrogen-bond acceptors (Lipinski definition) is 3. The second-order valence-corrected chi connectivity index (χ2v) is 6.52. The van der Waals surface area contributed by atoms with E-state index in [0.29, 0.717) is 10.7 Å². The third-order valence-electron chi connectivity index (χ3n) is 3.96. The van der Waals surface area contributed by atoms with E-state index in [4.69, 9.17) is 11.6 Å². The van der Waals surface area contributed by atoms with Crippen LogP contribution in [0.3, 0.4) is 0 Å². The number of benzene rings is 2. The molecule has 0 saturated carbocycles. The Morgan fingerprint density at radius 2 is 1.81 bits per heavy atom. The van der Waals surface area contributed by atoms with E-state index in [1.165, 1.54) is 6.07 Å². The predicted octanol–water partition coefficient (Wildman–Crippen LogP) is 3.82. The molecule has 1 N–H and O–H groups in total. The molecule has 0 unspecified atom stereocenters. The van der Waals surface area contributed by atoms with E-state index in [1.807, 2.05) is 44.2 Å². The summed E-state index contributed by atoms with van der Waals surface area (Å²) in [5.41, 5.74) is 3.89. The number of halogens is 1. The Labute approximate surface area is 156 Å². The van der Waals surface area contributed by atoms with Gasteiger partial charge in [-0.2, -0.15) is 5.10 Å². The lowest BCUT2D eigenvalue weighted by atomic mass is 10.1. The molecule has 0 spiro atoms. The number of rotatable bonds is 4. The molecule has 132 valence electrons. The monoisotopic (exact) mass is 367 g/mol. The molecular weight excluding hydrogens is 350 g/mol. The van der Waals surface area contributed by atoms with Crippen LogP contribution in [0.25, 0.3) is 11.3 Å². The molecule has 2 aromatic carbocycles. The molecule has 0 aliphatic carbocycles. The maximum absolute atomic E-state index is 12.3. The Balaban J connectivity index is 1.80. The Bertz CT molecular complexity index is 1010. The lowest BCUT2D eigenvalue weighted by molar-refractivity contribution is -0.117. The number of aromatic nitrogens is 2. The summed E-state index contributed by atoms with van der Waals surface area (Å²) in [6.07, 6.45) is 0. The smallest absolute Gasteiger partial charge is 0.267 e. The van der Waals surface area contributed by atoms with Crippen molar-refractivity contribution >= 4 is 23.2 Å². The summed E-state index contributed by atoms with van der Waals surface area (Å²) in [4.78, 5) is 24.4. The molecule has 26 heavy (non-hydrogen) atoms. The van der Waals surface area contributed by atoms with Gasteiger partial charge >= 0.3 is 0 Å². The maximum atomic E-state index is 12.3. The van der Waals surface area contributed by atoms with E-state index in [9.17, 15) is 9.59 Å². The average molecular weight is 368 g/mol. The van der Waals surface area contributed by atoms with Crippen LogP contribution >= 0.6 is 11.6 Å². The van der Waals surface area contributed by atoms with Crippen molar-refractivity contribution in [2.75, 3.05) is 5.32 Å². The molecule has 0 radical (unpaired) electrons. The lowest BCUT2D eigenvalue weighted by Crippen LogP contribution is -2.29. The second kappa shape index (κ2) is 7.54. The first-order valence-electron chi connectivity index (χ1n) is 8.13. The first-order chi connectivity index (χ1) is 12.4. The van der Waals surface area contributed by atoms with Crippen LogP contribution in [0.5, 0.6) is 0 Å². The summed E-state index contributed by atoms with van der Waals surface area (Å²) < 4.78 is 1.16. The van der Waals surface area contributed by atoms with Gasteiger partial charge in [-0.15, -0.1) is 0 Å². The van der Waals surface area contributed by atoms with Gasteiger partial charge in [-0.25, -0.2) is 4.68 Å². The third kappa shape index (κ3) is 4.18. The summed E-state index contributed by atoms with van der Waals surface area (Å²) >= 11 is 5.90. The van der Waals surface area contributed by atoms with Crippen molar-refractivity contribution < 1.29 is 4.79 Å². The van der Waals surface area contributed by atoms with Gasteiger partial charge in [0.25, 0.3) is 5.56 Å². The largest absolute Gasteiger partial charge is 0.324 e. The highest BCUT2D eigenvalue weighted by atomic mass is 35.5. The Morgan fingerprint density at radius 1 is 1.08 bits per heavy atom. The first kappa shape index (κ1) is 17.9. The van der Waals surface area contributed by atoms with E-state index in [0.717, 1.165) is 27.1 Å². The zero-order chi connectivity index (χ0) is 18.7. The standard InChI is InChI=1S/C20H18ClN3O2/c1-13-3-8-17(14(2)11-13)22-19(25)12-24-20(26)10-9-18(23-24)15-4-6-16(21)7-5-15/h3-11H,12H2,1-2H3,(H,22,25). The topological polar surface area (TPSA) is 64.0 Å². The van der Waals surface area contributed by atoms with Crippen LogP contribution in [0.15, 0.2) is 59.4 Å². The molecule has 0 atom stereocenters. The minimum Gasteiger partial charge on any atom is -0.324 e. The number of carbonyl (C=O) groups excluding carboxylic acids is 1. The van der Waals surface area contributed by atoms with Gasteiger partial charge in [0.1, 0.15) is 6.54 Å². The molecule has 0 aliphatic heterocycles. The van der Waals surface area contributed by atoms with Crippen LogP contribution in [0.4, 0.5) is 5.69 Å². The van der Waals surface area contributed by atoms with Crippen LogP contribution in [0.2, 0.25) is 5.02 Å². The lowest BCUT2D eigenvalue weighted by Gasteiger charge is -2.10. The van der Waals surface area contributed by atoms with Gasteiger partial charge < -0.3 is 5.32 Å². The normalized spacial score (nSPS) is 10.6. The summed E-state index contributed by atoms with van der Waals surface area (Å²) in [7, 11) is 0. The molecule has 3 rings (SSSR count). The molecule has 3 aromatic rings. The van der Waals surface area contributed by atoms with Crippen molar-refractivity contribution in [3.8, 4) is 11.3 Å². The van der Waals surface area contributed by atoms with Gasteiger partial charge in [0.05, 0.1) is 5.69 Å². The Kier molecular flexibility index (Phi) is 5.19. The molecule has 6 heteroatoms. The number of amides is 1. The fourth-order valence-corrected chi connectivity index (χ4v) is 2.74. The number of nitrogens with zero attached hydrogens (tertiary/aromatic N) is 2. The minimum absolute atomic E-state index is 0.159. The molecule has 0 saturated heterocycles. The highest BCUT2D eigenvalue weighted by molar-refractivity contribution is 6.30. The van der Waals surface area contributed by atoms with Gasteiger partial charge in [0.15, 0.2) is 0 Å². The SMILES string of the molecule is Cc1ccc(NC(=O)Cn2nc(-c3ccc(Cl)cc3)ccc2=O)c(C)c1. The molecule has 1 heterocycles. The molecule has 5 nitrogen and oxygen atoms in total. The Hall–Kier alpha value is -2.92. The summed E-state index contributed by atoms with van der Waals surface area (Å²) in [5.74, 6) is -0.306. The third-order valence-corrected chi connectivity index (χ3v) is 4.21. The predicted molar refractivity (Wildman–Crippen MR) is 103 cm³/mol. The zero-order valence-corrected chi connectivity index (χ0v) is 15.2. The fraction of sp³-hybridized carbons (Fsp3) is 0.150. The molecule has 1 aromatic heterocycles. The van der Waals surface area contributed by atoms with Gasteiger partial charge in [-0.1, -0.05) is 41.4 Å². The number of aryl methyl sites for hydroxylation is 2. The van der Waals surface area contributed by atoms with Gasteiger partial charge in [0, 0.05) is 22.3 Å². The molecule has 0 bridgehead atoms. The minimum atomic E-state index is -0.335. The van der Waals surface area contributed by atoms with Gasteiger partial charge in [-0.3, -0.25) is 9.59 Å². The van der Waals surface area contributed by atoms with Gasteiger partial charge in [-0.05, 0) is 43.7 Å². The van der Waals surface area contributed by atoms with E-state index in [2.05, 4.69) is 10.4 Å². The van der Waals surface area contributed by atoms with Crippen molar-refractivity contribution in [1.29, 1.82) is 0 Å². The number of hydrogen-bond donors (Lipinski definition) is 1. The second-order valence-electron chi connectivity index (χ2n) is 6.09. The number of anilines is 1. The quantitative estimate of drug-likeness (QED) is 0.762. The maximum Gasteiger partial charge on any atom is 0.267 e. The van der Waals surface area contributed by atoms with Crippen LogP contribution in [0.1, 0.15) is 11.1 Å². The van der Waals surface area contributed by atoms with Crippen molar-refractivity contribution in [2.24, 2.45) is 0 Å². The van der Waals surface area contributed by atoms with E-state index in [1.54, 1.807) is 18.2 Å². The van der Waals surface area contributed by atoms with Gasteiger partial charge in [0.2, 0.25) is 5.91 Å². The van der Waals surface area contributed by atoms with Crippen molar-refractivity contribution in [3.05, 3.63) is 81.1 Å². The van der Waals surface area contributed by atoms with Crippen LogP contribution in [0, 0.1) is 13.8 Å². The van der Waals surface area contributed by atoms with Crippen LogP contribution in [-0.2, 0) is 11.3 Å². The average Bonchev–Trinajstić information content (AvgIpc) is 2.60. The summed E-state index contributed by atoms with van der Waals surface area (Å²) in [6.45, 7) is 3.76. The molecular formula is C20H18ClN3O2. The van der Waals surface area contributed by atoms with E-state index < -0.39 is 0 Å². The summed E-state index contributed by atoms with van der Waals surface area (Å²) in [6, 6.07) is 15.9. The highest BCUT2D eigenvalue weighted by Crippen LogP contribution is 2.19. The van der Waals surface area contributed by atoms with Crippen LogP contribution in [-0.4, -0.2) is 15.7 Å². The fourth-order valence-electron chi connectivity index (χ4n) is 2.62. The van der Waals surface area contributed by atoms with E-state index in [-0.39, 0.29) is 18.0 Å². The molecule has 1 amide bonds. The van der Waals surface area contributed by atoms with E-state index >= 15 is 0 Å². The van der Waals surface area contributed by atoms with Crippen molar-refractivity contribution in [1.82, 2.24) is 9.78 Å². The zero-order valence-electron chi connectivity index (χ0n) is 14.5. The number of nitrogens with one attached hydrogen (secondary N) is 1. The highest BCUT2D eigenvalue weighted by Gasteiger charge is 2.09. The molecule has 0 aliphatic rings. The summed E-state index contributed by atoms with van der Waals surface area (Å²) in [5, 5.41) is 7.73. The number of carbonyl (C=O) groups is 1. The first-order valence-corrected chi connectivity index (χ1v) is 8.51. The van der Waals surface area contributed by atoms with Crippen molar-refractivity contribution in [2.45, 2.75) is 20.4 Å². The van der Waals surface area contributed by atoms with Crippen LogP contribution < -0.4 is 10.9 Å². The van der Waals surface area contributed by atoms with Crippen molar-refractivity contribution in [3.63, 3.8) is 0 Å². The Morgan fingerprint density at radius 3 is 2.50 bits per heavy atom. The molecule has 0 fully saturated rings.